The number of carbonyl (C=O) groups is 1. The third kappa shape index (κ3) is 3.36. The van der Waals surface area contributed by atoms with Crippen molar-refractivity contribution in [2.24, 2.45) is 5.92 Å². The molecule has 0 N–H and O–H groups in total. The molecule has 0 amide bonds. The maximum Gasteiger partial charge on any atom is 0.124 e. The number of hydrogen-bond donors (Lipinski definition) is 0. The van der Waals surface area contributed by atoms with E-state index in [2.05, 4.69) is 20.8 Å². The summed E-state index contributed by atoms with van der Waals surface area (Å²) in [5.41, 5.74) is 1.09. The van der Waals surface area contributed by atoms with E-state index < -0.39 is 0 Å². The monoisotopic (exact) mass is 299 g/mol. The van der Waals surface area contributed by atoms with E-state index in [4.69, 9.17) is 0 Å². The predicted octanol–water partition coefficient (Wildman–Crippen LogP) is 3.00. The van der Waals surface area contributed by atoms with Crippen LogP contribution in [-0.4, -0.2) is 24.3 Å². The number of rotatable bonds is 3. The Kier molecular flexibility index (Phi) is 4.29. The quantitative estimate of drug-likeness (QED) is 0.800. The molecule has 1 heterocycles. The van der Waals surface area contributed by atoms with Crippen LogP contribution in [0.15, 0.2) is 22.7 Å². The third-order valence-corrected chi connectivity index (χ3v) is 3.97. The van der Waals surface area contributed by atoms with Gasteiger partial charge in [-0.05, 0) is 43.6 Å². The van der Waals surface area contributed by atoms with Crippen LogP contribution in [0.1, 0.15) is 18.4 Å². The van der Waals surface area contributed by atoms with Gasteiger partial charge in [-0.15, -0.1) is 0 Å². The first kappa shape index (κ1) is 12.7. The molecule has 0 unspecified atom stereocenters. The van der Waals surface area contributed by atoms with Gasteiger partial charge in [0.05, 0.1) is 0 Å². The zero-order chi connectivity index (χ0) is 12.3. The highest BCUT2D eigenvalue weighted by atomic mass is 79.9. The maximum absolute atomic E-state index is 12.9. The van der Waals surface area contributed by atoms with Gasteiger partial charge >= 0.3 is 0 Å². The van der Waals surface area contributed by atoms with E-state index >= 15 is 0 Å². The van der Waals surface area contributed by atoms with E-state index in [-0.39, 0.29) is 11.7 Å². The number of halogens is 2. The summed E-state index contributed by atoms with van der Waals surface area (Å²) >= 11 is 3.38. The highest BCUT2D eigenvalue weighted by Gasteiger charge is 2.19. The van der Waals surface area contributed by atoms with E-state index in [1.807, 2.05) is 6.07 Å². The lowest BCUT2D eigenvalue weighted by atomic mass is 9.98. The van der Waals surface area contributed by atoms with Gasteiger partial charge in [-0.2, -0.15) is 0 Å². The molecule has 0 aromatic heterocycles. The maximum atomic E-state index is 12.9. The van der Waals surface area contributed by atoms with E-state index in [0.717, 1.165) is 48.8 Å². The molecular weight excluding hydrogens is 285 g/mol. The Morgan fingerprint density at radius 3 is 2.71 bits per heavy atom. The number of carbonyl (C=O) groups excluding carboxylic acids is 1. The van der Waals surface area contributed by atoms with Crippen molar-refractivity contribution in [3.63, 3.8) is 0 Å². The number of aldehydes is 1. The summed E-state index contributed by atoms with van der Waals surface area (Å²) in [6, 6.07) is 4.79. The molecule has 17 heavy (non-hydrogen) atoms. The van der Waals surface area contributed by atoms with Crippen molar-refractivity contribution in [1.82, 2.24) is 4.90 Å². The number of piperidine rings is 1. The van der Waals surface area contributed by atoms with E-state index in [1.54, 1.807) is 0 Å². The Bertz CT molecular complexity index is 402. The molecule has 0 saturated carbocycles. The molecule has 1 aromatic rings. The summed E-state index contributed by atoms with van der Waals surface area (Å²) in [5.74, 6) is 0.00296. The van der Waals surface area contributed by atoms with Crippen molar-refractivity contribution in [3.8, 4) is 0 Å². The smallest absolute Gasteiger partial charge is 0.124 e. The first-order valence-electron chi connectivity index (χ1n) is 5.80. The molecule has 0 bridgehead atoms. The minimum Gasteiger partial charge on any atom is -0.303 e. The van der Waals surface area contributed by atoms with Crippen molar-refractivity contribution < 1.29 is 9.18 Å². The number of likely N-dealkylation sites (tertiary alicyclic amines) is 1. The molecule has 4 heteroatoms. The lowest BCUT2D eigenvalue weighted by Gasteiger charge is -2.29. The average Bonchev–Trinajstić information content (AvgIpc) is 2.34. The van der Waals surface area contributed by atoms with Gasteiger partial charge in [-0.1, -0.05) is 22.0 Å². The van der Waals surface area contributed by atoms with Crippen LogP contribution in [0.2, 0.25) is 0 Å². The second kappa shape index (κ2) is 5.74. The lowest BCUT2D eigenvalue weighted by Crippen LogP contribution is -2.33. The molecule has 1 aromatic carbocycles. The van der Waals surface area contributed by atoms with Crippen molar-refractivity contribution in [3.05, 3.63) is 34.1 Å². The minimum atomic E-state index is -0.222. The lowest BCUT2D eigenvalue weighted by molar-refractivity contribution is -0.112. The van der Waals surface area contributed by atoms with Crippen LogP contribution in [0, 0.1) is 11.7 Å². The van der Waals surface area contributed by atoms with Crippen LogP contribution in [0.4, 0.5) is 4.39 Å². The standard InChI is InChI=1S/C13H15BrFNO/c14-13-7-12(15)2-1-11(13)8-16-5-3-10(9-17)4-6-16/h1-2,7,9-10H,3-6,8H2. The molecule has 0 atom stereocenters. The van der Waals surface area contributed by atoms with Crippen LogP contribution < -0.4 is 0 Å². The van der Waals surface area contributed by atoms with Crippen molar-refractivity contribution in [1.29, 1.82) is 0 Å². The summed E-state index contributed by atoms with van der Waals surface area (Å²) < 4.78 is 13.8. The summed E-state index contributed by atoms with van der Waals surface area (Å²) in [7, 11) is 0. The van der Waals surface area contributed by atoms with Gasteiger partial charge in [-0.25, -0.2) is 4.39 Å². The van der Waals surface area contributed by atoms with Crippen molar-refractivity contribution in [2.45, 2.75) is 19.4 Å². The second-order valence-corrected chi connectivity index (χ2v) is 5.34. The van der Waals surface area contributed by atoms with E-state index in [1.165, 1.54) is 12.1 Å². The predicted molar refractivity (Wildman–Crippen MR) is 68.2 cm³/mol. The molecule has 0 radical (unpaired) electrons. The Morgan fingerprint density at radius 1 is 1.41 bits per heavy atom. The molecule has 0 spiro atoms. The van der Waals surface area contributed by atoms with Crippen LogP contribution in [0.5, 0.6) is 0 Å². The minimum absolute atomic E-state index is 0.222. The fraction of sp³-hybridized carbons (Fsp3) is 0.462. The van der Waals surface area contributed by atoms with Crippen molar-refractivity contribution >= 4 is 22.2 Å². The second-order valence-electron chi connectivity index (χ2n) is 4.49. The Morgan fingerprint density at radius 2 is 2.12 bits per heavy atom. The number of hydrogen-bond acceptors (Lipinski definition) is 2. The van der Waals surface area contributed by atoms with Gasteiger partial charge in [0.25, 0.3) is 0 Å². The van der Waals surface area contributed by atoms with Gasteiger partial charge < -0.3 is 4.79 Å². The number of nitrogens with zero attached hydrogens (tertiary/aromatic N) is 1. The van der Waals surface area contributed by atoms with Crippen LogP contribution in [-0.2, 0) is 11.3 Å². The molecular formula is C13H15BrFNO. The van der Waals surface area contributed by atoms with Gasteiger partial charge in [0, 0.05) is 16.9 Å². The summed E-state index contributed by atoms with van der Waals surface area (Å²) in [6.07, 6.45) is 2.93. The van der Waals surface area contributed by atoms with E-state index in [9.17, 15) is 9.18 Å². The third-order valence-electron chi connectivity index (χ3n) is 3.23. The molecule has 2 rings (SSSR count). The van der Waals surface area contributed by atoms with E-state index in [0.29, 0.717) is 0 Å². The topological polar surface area (TPSA) is 20.3 Å². The SMILES string of the molecule is O=CC1CCN(Cc2ccc(F)cc2Br)CC1. The van der Waals surface area contributed by atoms with Crippen LogP contribution in [0.3, 0.4) is 0 Å². The Hall–Kier alpha value is -0.740. The number of benzene rings is 1. The van der Waals surface area contributed by atoms with Gasteiger partial charge in [0.2, 0.25) is 0 Å². The first-order valence-corrected chi connectivity index (χ1v) is 6.60. The zero-order valence-corrected chi connectivity index (χ0v) is 11.1. The van der Waals surface area contributed by atoms with Crippen molar-refractivity contribution in [2.75, 3.05) is 13.1 Å². The zero-order valence-electron chi connectivity index (χ0n) is 9.53. The normalized spacial score (nSPS) is 18.2. The van der Waals surface area contributed by atoms with Crippen LogP contribution in [0.25, 0.3) is 0 Å². The molecule has 2 nitrogen and oxygen atoms in total. The molecule has 1 aliphatic heterocycles. The summed E-state index contributed by atoms with van der Waals surface area (Å²) in [5, 5.41) is 0. The highest BCUT2D eigenvalue weighted by molar-refractivity contribution is 9.10. The molecule has 92 valence electrons. The average molecular weight is 300 g/mol. The Balaban J connectivity index is 1.95. The summed E-state index contributed by atoms with van der Waals surface area (Å²) in [6.45, 7) is 2.69. The first-order chi connectivity index (χ1) is 8.19. The molecule has 1 aliphatic rings. The van der Waals surface area contributed by atoms with Crippen LogP contribution >= 0.6 is 15.9 Å². The fourth-order valence-corrected chi connectivity index (χ4v) is 2.61. The summed E-state index contributed by atoms with van der Waals surface area (Å²) in [4.78, 5) is 13.0. The Labute approximate surface area is 109 Å². The molecule has 1 fully saturated rings. The van der Waals surface area contributed by atoms with Gasteiger partial charge in [0.1, 0.15) is 12.1 Å². The van der Waals surface area contributed by atoms with Gasteiger partial charge in [0.15, 0.2) is 0 Å². The largest absolute Gasteiger partial charge is 0.303 e. The fourth-order valence-electron chi connectivity index (χ4n) is 2.14. The van der Waals surface area contributed by atoms with Gasteiger partial charge in [-0.3, -0.25) is 4.90 Å². The highest BCUT2D eigenvalue weighted by Crippen LogP contribution is 2.22. The molecule has 0 aliphatic carbocycles. The molecule has 1 saturated heterocycles.